The van der Waals surface area contributed by atoms with Crippen molar-refractivity contribution < 1.29 is 0 Å². The van der Waals surface area contributed by atoms with Crippen LogP contribution in [0.4, 0.5) is 0 Å². The van der Waals surface area contributed by atoms with E-state index in [2.05, 4.69) is 191 Å². The summed E-state index contributed by atoms with van der Waals surface area (Å²) in [6.45, 7) is 0. The summed E-state index contributed by atoms with van der Waals surface area (Å²) in [7, 11) is 0. The Hall–Kier alpha value is -7.30. The molecule has 0 aliphatic carbocycles. The van der Waals surface area contributed by atoms with E-state index >= 15 is 0 Å². The van der Waals surface area contributed by atoms with Crippen molar-refractivity contribution in [1.82, 2.24) is 19.1 Å². The van der Waals surface area contributed by atoms with Crippen LogP contribution in [0.1, 0.15) is 0 Å². The average molecular weight is 689 g/mol. The number of hydrogen-bond acceptors (Lipinski definition) is 2. The number of fused-ring (bicyclic) bond motifs is 10. The monoisotopic (exact) mass is 688 g/mol. The van der Waals surface area contributed by atoms with Crippen LogP contribution in [0.2, 0.25) is 0 Å². The van der Waals surface area contributed by atoms with E-state index < -0.39 is 0 Å². The van der Waals surface area contributed by atoms with Crippen molar-refractivity contribution in [2.45, 2.75) is 0 Å². The molecule has 11 aromatic rings. The first-order valence-corrected chi connectivity index (χ1v) is 18.3. The fraction of sp³-hybridized carbons (Fsp3) is 0. The first-order valence-electron chi connectivity index (χ1n) is 18.3. The molecule has 4 nitrogen and oxygen atoms in total. The van der Waals surface area contributed by atoms with Crippen molar-refractivity contribution in [3.05, 3.63) is 194 Å². The lowest BCUT2D eigenvalue weighted by Gasteiger charge is -2.13. The third-order valence-electron chi connectivity index (χ3n) is 10.7. The second kappa shape index (κ2) is 12.1. The van der Waals surface area contributed by atoms with E-state index in [-0.39, 0.29) is 0 Å². The van der Waals surface area contributed by atoms with E-state index in [4.69, 9.17) is 9.97 Å². The average Bonchev–Trinajstić information content (AvgIpc) is 3.79. The van der Waals surface area contributed by atoms with E-state index in [1.54, 1.807) is 0 Å². The summed E-state index contributed by atoms with van der Waals surface area (Å²) in [5.41, 5.74) is 11.9. The van der Waals surface area contributed by atoms with Crippen LogP contribution >= 0.6 is 0 Å². The van der Waals surface area contributed by atoms with Gasteiger partial charge >= 0.3 is 0 Å². The lowest BCUT2D eigenvalue weighted by atomic mass is 9.99. The zero-order valence-corrected chi connectivity index (χ0v) is 29.3. The molecule has 0 N–H and O–H groups in total. The maximum Gasteiger partial charge on any atom is 0.160 e. The number of aromatic nitrogens is 4. The van der Waals surface area contributed by atoms with Crippen LogP contribution in [-0.2, 0) is 0 Å². The topological polar surface area (TPSA) is 35.6 Å². The molecule has 8 aromatic carbocycles. The minimum absolute atomic E-state index is 0.698. The van der Waals surface area contributed by atoms with E-state index in [0.717, 1.165) is 45.0 Å². The molecule has 0 radical (unpaired) electrons. The van der Waals surface area contributed by atoms with E-state index in [1.807, 2.05) is 12.1 Å². The first kappa shape index (κ1) is 30.3. The molecule has 0 unspecified atom stereocenters. The molecule has 0 spiro atoms. The van der Waals surface area contributed by atoms with Gasteiger partial charge in [0.05, 0.1) is 33.5 Å². The highest BCUT2D eigenvalue weighted by atomic mass is 15.0. The minimum Gasteiger partial charge on any atom is -0.309 e. The van der Waals surface area contributed by atoms with Gasteiger partial charge in [0.2, 0.25) is 0 Å². The fourth-order valence-electron chi connectivity index (χ4n) is 8.35. The largest absolute Gasteiger partial charge is 0.309 e. The number of benzene rings is 8. The van der Waals surface area contributed by atoms with Gasteiger partial charge in [-0.2, -0.15) is 0 Å². The van der Waals surface area contributed by atoms with Crippen LogP contribution in [0.5, 0.6) is 0 Å². The zero-order valence-electron chi connectivity index (χ0n) is 29.3. The molecule has 0 atom stereocenters. The molecule has 4 heteroatoms. The third kappa shape index (κ3) is 4.64. The van der Waals surface area contributed by atoms with Gasteiger partial charge in [0, 0.05) is 55.0 Å². The Labute approximate surface area is 311 Å². The summed E-state index contributed by atoms with van der Waals surface area (Å²) in [5, 5.41) is 7.46. The van der Waals surface area contributed by atoms with E-state index in [0.29, 0.717) is 5.82 Å². The van der Waals surface area contributed by atoms with Gasteiger partial charge in [-0.3, -0.25) is 0 Å². The quantitative estimate of drug-likeness (QED) is 0.180. The molecule has 252 valence electrons. The van der Waals surface area contributed by atoms with Crippen molar-refractivity contribution in [1.29, 1.82) is 0 Å². The predicted molar refractivity (Wildman–Crippen MR) is 225 cm³/mol. The van der Waals surface area contributed by atoms with E-state index in [9.17, 15) is 0 Å². The number of hydrogen-bond donors (Lipinski definition) is 0. The van der Waals surface area contributed by atoms with Gasteiger partial charge in [-0.05, 0) is 60.0 Å². The molecule has 11 rings (SSSR count). The van der Waals surface area contributed by atoms with Gasteiger partial charge in [0.1, 0.15) is 0 Å². The lowest BCUT2D eigenvalue weighted by molar-refractivity contribution is 1.16. The van der Waals surface area contributed by atoms with Crippen molar-refractivity contribution >= 4 is 54.4 Å². The molecule has 0 fully saturated rings. The number of rotatable bonds is 5. The maximum atomic E-state index is 5.11. The molecule has 3 aromatic heterocycles. The Morgan fingerprint density at radius 1 is 0.315 bits per heavy atom. The van der Waals surface area contributed by atoms with Crippen LogP contribution in [0.3, 0.4) is 0 Å². The number of nitrogens with zero attached hydrogens (tertiary/aromatic N) is 4. The Morgan fingerprint density at radius 2 is 0.759 bits per heavy atom. The van der Waals surface area contributed by atoms with Crippen molar-refractivity contribution in [2.75, 3.05) is 0 Å². The Bertz CT molecular complexity index is 3120. The molecule has 54 heavy (non-hydrogen) atoms. The molecule has 0 aliphatic rings. The van der Waals surface area contributed by atoms with Gasteiger partial charge < -0.3 is 9.13 Å². The van der Waals surface area contributed by atoms with E-state index in [1.165, 1.54) is 48.9 Å². The summed E-state index contributed by atoms with van der Waals surface area (Å²) < 4.78 is 4.90. The highest BCUT2D eigenvalue weighted by Crippen LogP contribution is 2.46. The van der Waals surface area contributed by atoms with Crippen molar-refractivity contribution in [3.8, 4) is 45.3 Å². The molecule has 0 saturated heterocycles. The second-order valence-electron chi connectivity index (χ2n) is 13.8. The summed E-state index contributed by atoms with van der Waals surface area (Å²) in [4.78, 5) is 10.2. The summed E-state index contributed by atoms with van der Waals surface area (Å²) in [6.07, 6.45) is 0. The Kier molecular flexibility index (Phi) is 6.82. The van der Waals surface area contributed by atoms with Crippen LogP contribution in [0.25, 0.3) is 99.7 Å². The SMILES string of the molecule is c1ccc(-c2cc(-c3ccccc3)nc(-c3ccc(-n4c5ccccc5c5c4c4ccccc4c4c6ccccc6n(-c6ccccc6)c45)cc3)n2)cc1. The second-order valence-corrected chi connectivity index (χ2v) is 13.8. The molecule has 0 bridgehead atoms. The van der Waals surface area contributed by atoms with Crippen LogP contribution in [0.15, 0.2) is 194 Å². The van der Waals surface area contributed by atoms with Gasteiger partial charge in [0.15, 0.2) is 5.82 Å². The first-order chi connectivity index (χ1) is 26.8. The predicted octanol–water partition coefficient (Wildman–Crippen LogP) is 12.8. The standard InChI is InChI=1S/C50H32N4/c1-4-16-33(17-5-1)42-32-43(34-18-6-2-7-19-34)52-50(51-42)35-28-30-37(31-29-35)53-45-27-15-13-25-41(45)47-48(53)39-23-11-10-22-38(39)46-40-24-12-14-26-44(40)54(49(46)47)36-20-8-3-9-21-36/h1-32H. The van der Waals surface area contributed by atoms with Crippen LogP contribution < -0.4 is 0 Å². The molecular formula is C50H32N4. The summed E-state index contributed by atoms with van der Waals surface area (Å²) >= 11 is 0. The summed E-state index contributed by atoms with van der Waals surface area (Å²) in [5.74, 6) is 0.698. The molecular weight excluding hydrogens is 657 g/mol. The summed E-state index contributed by atoms with van der Waals surface area (Å²) in [6, 6.07) is 68.8. The number of para-hydroxylation sites is 3. The highest BCUT2D eigenvalue weighted by molar-refractivity contribution is 6.36. The Morgan fingerprint density at radius 3 is 1.35 bits per heavy atom. The van der Waals surface area contributed by atoms with Gasteiger partial charge in [0.25, 0.3) is 0 Å². The smallest absolute Gasteiger partial charge is 0.160 e. The Balaban J connectivity index is 1.18. The minimum atomic E-state index is 0.698. The maximum absolute atomic E-state index is 5.11. The zero-order chi connectivity index (χ0) is 35.6. The lowest BCUT2D eigenvalue weighted by Crippen LogP contribution is -1.98. The molecule has 0 saturated carbocycles. The van der Waals surface area contributed by atoms with Gasteiger partial charge in [-0.15, -0.1) is 0 Å². The van der Waals surface area contributed by atoms with Crippen molar-refractivity contribution in [3.63, 3.8) is 0 Å². The third-order valence-corrected chi connectivity index (χ3v) is 10.7. The van der Waals surface area contributed by atoms with Gasteiger partial charge in [-0.1, -0.05) is 140 Å². The van der Waals surface area contributed by atoms with Crippen molar-refractivity contribution in [2.24, 2.45) is 0 Å². The fourth-order valence-corrected chi connectivity index (χ4v) is 8.35. The normalized spacial score (nSPS) is 11.7. The van der Waals surface area contributed by atoms with Crippen LogP contribution in [-0.4, -0.2) is 19.1 Å². The van der Waals surface area contributed by atoms with Crippen LogP contribution in [0, 0.1) is 0 Å². The molecule has 3 heterocycles. The molecule has 0 aliphatic heterocycles. The molecule has 0 amide bonds. The highest BCUT2D eigenvalue weighted by Gasteiger charge is 2.24. The van der Waals surface area contributed by atoms with Gasteiger partial charge in [-0.25, -0.2) is 9.97 Å².